The summed E-state index contributed by atoms with van der Waals surface area (Å²) in [5.41, 5.74) is 8.67. The van der Waals surface area contributed by atoms with Crippen molar-refractivity contribution < 1.29 is 8.42 Å². The van der Waals surface area contributed by atoms with E-state index in [9.17, 15) is 8.42 Å². The summed E-state index contributed by atoms with van der Waals surface area (Å²) in [6.45, 7) is 4.09. The van der Waals surface area contributed by atoms with E-state index in [4.69, 9.17) is 0 Å². The van der Waals surface area contributed by atoms with E-state index >= 15 is 0 Å². The highest BCUT2D eigenvalue weighted by molar-refractivity contribution is 7.91. The summed E-state index contributed by atoms with van der Waals surface area (Å²) in [5, 5.41) is 7.12. The van der Waals surface area contributed by atoms with Crippen molar-refractivity contribution in [1.82, 2.24) is 10.6 Å². The minimum atomic E-state index is -3.85. The normalized spacial score (nSPS) is 24.3. The topological polar surface area (TPSA) is 64.7 Å². The zero-order valence-electron chi connectivity index (χ0n) is 26.2. The van der Waals surface area contributed by atoms with Gasteiger partial charge in [0.1, 0.15) is 0 Å². The summed E-state index contributed by atoms with van der Waals surface area (Å²) in [5.74, 6) is 0.902. The zero-order chi connectivity index (χ0) is 30.7. The van der Waals surface area contributed by atoms with E-state index in [0.29, 0.717) is 33.7 Å². The lowest BCUT2D eigenvalue weighted by molar-refractivity contribution is 0.531. The zero-order valence-corrected chi connectivity index (χ0v) is 27.0. The molecule has 0 aliphatic carbocycles. The van der Waals surface area contributed by atoms with Gasteiger partial charge in [0.2, 0.25) is 9.84 Å². The van der Waals surface area contributed by atoms with Crippen LogP contribution in [0.2, 0.25) is 0 Å². The van der Waals surface area contributed by atoms with Gasteiger partial charge in [-0.3, -0.25) is 0 Å². The van der Waals surface area contributed by atoms with Crippen LogP contribution in [0.5, 0.6) is 0 Å². The van der Waals surface area contributed by atoms with E-state index in [-0.39, 0.29) is 0 Å². The number of hydrogen-bond donors (Lipinski definition) is 2. The second kappa shape index (κ2) is 11.3. The Labute approximate surface area is 267 Å². The molecule has 0 bridgehead atoms. The summed E-state index contributed by atoms with van der Waals surface area (Å²) in [7, 11) is 0.559. The molecule has 6 nitrogen and oxygen atoms in total. The number of hydrogen-bond acceptors (Lipinski definition) is 6. The molecule has 45 heavy (non-hydrogen) atoms. The number of benzene rings is 4. The molecule has 4 aromatic rings. The second-order valence-electron chi connectivity index (χ2n) is 13.3. The molecule has 4 aliphatic rings. The quantitative estimate of drug-likeness (QED) is 0.275. The average Bonchev–Trinajstić information content (AvgIpc) is 3.29. The van der Waals surface area contributed by atoms with Gasteiger partial charge in [-0.25, -0.2) is 8.42 Å². The predicted molar refractivity (Wildman–Crippen MR) is 183 cm³/mol. The van der Waals surface area contributed by atoms with Gasteiger partial charge in [0, 0.05) is 60.5 Å². The van der Waals surface area contributed by atoms with Crippen LogP contribution in [-0.4, -0.2) is 60.8 Å². The molecule has 2 saturated heterocycles. The number of sulfone groups is 1. The van der Waals surface area contributed by atoms with Crippen molar-refractivity contribution >= 4 is 21.2 Å². The van der Waals surface area contributed by atoms with Gasteiger partial charge in [-0.15, -0.1) is 0 Å². The van der Waals surface area contributed by atoms with Crippen LogP contribution in [0.15, 0.2) is 94.7 Å². The molecule has 0 aromatic heterocycles. The van der Waals surface area contributed by atoms with Crippen LogP contribution >= 0.6 is 0 Å². The van der Waals surface area contributed by atoms with Gasteiger partial charge in [0.15, 0.2) is 0 Å². The lowest BCUT2D eigenvalue weighted by Gasteiger charge is -2.24. The molecule has 2 fully saturated rings. The maximum atomic E-state index is 14.7. The fourth-order valence-corrected chi connectivity index (χ4v) is 10.4. The van der Waals surface area contributed by atoms with E-state index in [1.807, 2.05) is 36.4 Å². The molecule has 8 rings (SSSR count). The number of nitrogens with zero attached hydrogens (tertiary/aromatic N) is 2. The fourth-order valence-electron chi connectivity index (χ4n) is 8.74. The maximum Gasteiger partial charge on any atom is 0.207 e. The van der Waals surface area contributed by atoms with Gasteiger partial charge in [-0.2, -0.15) is 0 Å². The first kappa shape index (κ1) is 28.8. The molecule has 0 radical (unpaired) electrons. The van der Waals surface area contributed by atoms with Gasteiger partial charge in [-0.1, -0.05) is 48.5 Å². The molecule has 4 atom stereocenters. The molecule has 0 spiro atoms. The smallest absolute Gasteiger partial charge is 0.207 e. The predicted octanol–water partition coefficient (Wildman–Crippen LogP) is 6.42. The van der Waals surface area contributed by atoms with Crippen LogP contribution in [0.25, 0.3) is 22.3 Å². The number of nitrogens with one attached hydrogen (secondary N) is 2. The summed E-state index contributed by atoms with van der Waals surface area (Å²) in [6.07, 6.45) is 4.41. The monoisotopic (exact) mass is 618 g/mol. The van der Waals surface area contributed by atoms with Gasteiger partial charge >= 0.3 is 0 Å². The third-order valence-electron chi connectivity index (χ3n) is 11.0. The average molecular weight is 619 g/mol. The van der Waals surface area contributed by atoms with E-state index in [1.165, 1.54) is 22.5 Å². The standard InChI is InChI=1S/C38H42N4O2S/c1-41-33-13-11-25(23-31(33)29-15-19-39-21-17-35(29)41)27-7-3-5-9-37(27)45(43,44)38-10-6-4-8-28(38)26-12-14-34-32(24-26)30-16-20-40-22-18-36(30)42(34)2/h3-14,23-24,29-30,35-36,39-40H,15-22H2,1-2H3/t29-,30-,35+,36+/m1/s1. The molecule has 2 N–H and O–H groups in total. The summed E-state index contributed by atoms with van der Waals surface area (Å²) < 4.78 is 29.4. The Kier molecular flexibility index (Phi) is 7.23. The third kappa shape index (κ3) is 4.70. The minimum Gasteiger partial charge on any atom is -0.371 e. The minimum absolute atomic E-state index is 0.360. The van der Waals surface area contributed by atoms with Crippen LogP contribution in [0.4, 0.5) is 11.4 Å². The lowest BCUT2D eigenvalue weighted by Crippen LogP contribution is -2.30. The SMILES string of the molecule is CN1c2ccc(-c3ccccc3S(=O)(=O)c3ccccc3-c3ccc4c(c3)[C@H]3CCNCC[C@@H]3N4C)cc2[C@H]2CCNCC[C@@H]21. The van der Waals surface area contributed by atoms with Crippen LogP contribution < -0.4 is 20.4 Å². The molecule has 7 heteroatoms. The lowest BCUT2D eigenvalue weighted by atomic mass is 9.89. The molecule has 4 aromatic carbocycles. The number of fused-ring (bicyclic) bond motifs is 6. The molecule has 0 amide bonds. The van der Waals surface area contributed by atoms with Crippen molar-refractivity contribution in [2.24, 2.45) is 0 Å². The summed E-state index contributed by atoms with van der Waals surface area (Å²) in [4.78, 5) is 5.58. The Morgan fingerprint density at radius 2 is 1.00 bits per heavy atom. The van der Waals surface area contributed by atoms with Crippen molar-refractivity contribution in [1.29, 1.82) is 0 Å². The fraction of sp³-hybridized carbons (Fsp3) is 0.368. The Balaban J connectivity index is 1.20. The van der Waals surface area contributed by atoms with Crippen molar-refractivity contribution in [3.8, 4) is 22.3 Å². The van der Waals surface area contributed by atoms with Crippen LogP contribution in [0.1, 0.15) is 48.6 Å². The first-order valence-electron chi connectivity index (χ1n) is 16.5. The van der Waals surface area contributed by atoms with E-state index < -0.39 is 9.84 Å². The first-order valence-corrected chi connectivity index (χ1v) is 18.0. The molecule has 4 aliphatic heterocycles. The Morgan fingerprint density at radius 3 is 1.47 bits per heavy atom. The molecule has 232 valence electrons. The van der Waals surface area contributed by atoms with Gasteiger partial charge in [0.05, 0.1) is 9.79 Å². The first-order chi connectivity index (χ1) is 21.9. The highest BCUT2D eigenvalue weighted by Crippen LogP contribution is 2.48. The van der Waals surface area contributed by atoms with Crippen LogP contribution in [-0.2, 0) is 9.84 Å². The Hall–Kier alpha value is -3.65. The van der Waals surface area contributed by atoms with E-state index in [1.54, 1.807) is 12.1 Å². The van der Waals surface area contributed by atoms with E-state index in [0.717, 1.165) is 74.1 Å². The maximum absolute atomic E-state index is 14.7. The molecular weight excluding hydrogens is 577 g/mol. The highest BCUT2D eigenvalue weighted by atomic mass is 32.2. The summed E-state index contributed by atoms with van der Waals surface area (Å²) >= 11 is 0. The Morgan fingerprint density at radius 1 is 0.578 bits per heavy atom. The van der Waals surface area contributed by atoms with Crippen molar-refractivity contribution in [3.63, 3.8) is 0 Å². The van der Waals surface area contributed by atoms with Crippen LogP contribution in [0.3, 0.4) is 0 Å². The van der Waals surface area contributed by atoms with Crippen molar-refractivity contribution in [3.05, 3.63) is 96.1 Å². The Bertz CT molecular complexity index is 1740. The number of likely N-dealkylation sites (N-methyl/N-ethyl adjacent to an activating group) is 2. The third-order valence-corrected chi connectivity index (χ3v) is 12.9. The summed E-state index contributed by atoms with van der Waals surface area (Å²) in [6, 6.07) is 29.2. The van der Waals surface area contributed by atoms with Gasteiger partial charge < -0.3 is 20.4 Å². The number of anilines is 2. The highest BCUT2D eigenvalue weighted by Gasteiger charge is 2.39. The van der Waals surface area contributed by atoms with Crippen molar-refractivity contribution in [2.45, 2.75) is 59.4 Å². The molecule has 4 heterocycles. The van der Waals surface area contributed by atoms with E-state index in [2.05, 4.69) is 70.9 Å². The second-order valence-corrected chi connectivity index (χ2v) is 15.2. The largest absolute Gasteiger partial charge is 0.371 e. The van der Waals surface area contributed by atoms with Crippen molar-refractivity contribution in [2.75, 3.05) is 50.1 Å². The van der Waals surface area contributed by atoms with Crippen LogP contribution in [0, 0.1) is 0 Å². The van der Waals surface area contributed by atoms with Gasteiger partial charge in [0.25, 0.3) is 0 Å². The molecular formula is C38H42N4O2S. The molecule has 0 unspecified atom stereocenters. The van der Waals surface area contributed by atoms with Gasteiger partial charge in [-0.05, 0) is 111 Å². The number of rotatable bonds is 4. The molecule has 0 saturated carbocycles.